The Balaban J connectivity index is 1.44. The molecule has 0 spiro atoms. The third-order valence-corrected chi connectivity index (χ3v) is 6.67. The van der Waals surface area contributed by atoms with Crippen molar-refractivity contribution in [3.05, 3.63) is 105 Å². The Kier molecular flexibility index (Phi) is 6.42. The van der Waals surface area contributed by atoms with Crippen LogP contribution in [0.2, 0.25) is 0 Å². The average Bonchev–Trinajstić information content (AvgIpc) is 3.34. The largest absolute Gasteiger partial charge is 0.454 e. The number of aryl methyl sites for hydroxylation is 2. The van der Waals surface area contributed by atoms with Crippen molar-refractivity contribution in [2.75, 3.05) is 6.79 Å². The molecule has 178 valence electrons. The molecular weight excluding hydrogens is 458 g/mol. The molecule has 0 aliphatic carbocycles. The van der Waals surface area contributed by atoms with E-state index >= 15 is 0 Å². The maximum atomic E-state index is 13.1. The van der Waals surface area contributed by atoms with Gasteiger partial charge in [-0.05, 0) is 66.5 Å². The van der Waals surface area contributed by atoms with Gasteiger partial charge in [0.1, 0.15) is 0 Å². The van der Waals surface area contributed by atoms with Gasteiger partial charge in [-0.25, -0.2) is 0 Å². The predicted molar refractivity (Wildman–Crippen MR) is 142 cm³/mol. The van der Waals surface area contributed by atoms with Gasteiger partial charge in [-0.2, -0.15) is 0 Å². The molecule has 5 rings (SSSR count). The van der Waals surface area contributed by atoms with Crippen LogP contribution in [0, 0.1) is 13.8 Å². The third kappa shape index (κ3) is 5.00. The van der Waals surface area contributed by atoms with E-state index in [-0.39, 0.29) is 12.4 Å². The summed E-state index contributed by atoms with van der Waals surface area (Å²) in [6.07, 6.45) is 0. The molecule has 0 amide bonds. The molecule has 7 heteroatoms. The molecule has 1 aliphatic heterocycles. The molecule has 2 N–H and O–H groups in total. The van der Waals surface area contributed by atoms with Gasteiger partial charge in [0.05, 0.1) is 12.1 Å². The highest BCUT2D eigenvalue weighted by Gasteiger charge is 2.18. The monoisotopic (exact) mass is 485 g/mol. The van der Waals surface area contributed by atoms with Crippen LogP contribution < -0.4 is 20.3 Å². The number of nitrogens with zero attached hydrogens (tertiary/aromatic N) is 1. The number of ether oxygens (including phenoxy) is 2. The number of hydrogen-bond acceptors (Lipinski definition) is 4. The van der Waals surface area contributed by atoms with Crippen LogP contribution in [0.15, 0.2) is 71.5 Å². The van der Waals surface area contributed by atoms with E-state index < -0.39 is 0 Å². The van der Waals surface area contributed by atoms with E-state index in [1.807, 2.05) is 60.4 Å². The zero-order valence-electron chi connectivity index (χ0n) is 19.8. The van der Waals surface area contributed by atoms with Crippen molar-refractivity contribution >= 4 is 28.2 Å². The second kappa shape index (κ2) is 9.80. The first-order valence-electron chi connectivity index (χ1n) is 11.6. The number of nitrogens with one attached hydrogen (secondary N) is 2. The molecule has 0 radical (unpaired) electrons. The molecule has 6 nitrogen and oxygen atoms in total. The number of hydrogen-bond donors (Lipinski definition) is 2. The number of aromatic amines is 1. The van der Waals surface area contributed by atoms with Crippen LogP contribution in [0.1, 0.15) is 27.8 Å². The number of pyridine rings is 1. The van der Waals surface area contributed by atoms with Crippen LogP contribution in [0.3, 0.4) is 0 Å². The number of H-pyrrole nitrogens is 1. The highest BCUT2D eigenvalue weighted by molar-refractivity contribution is 7.80. The first-order valence-corrected chi connectivity index (χ1v) is 12.0. The van der Waals surface area contributed by atoms with Crippen molar-refractivity contribution in [2.24, 2.45) is 0 Å². The average molecular weight is 486 g/mol. The van der Waals surface area contributed by atoms with Gasteiger partial charge in [0.2, 0.25) is 6.79 Å². The fourth-order valence-corrected chi connectivity index (χ4v) is 4.49. The smallest absolute Gasteiger partial charge is 0.253 e. The third-order valence-electron chi connectivity index (χ3n) is 6.27. The van der Waals surface area contributed by atoms with Crippen molar-refractivity contribution in [3.8, 4) is 11.5 Å². The van der Waals surface area contributed by atoms with E-state index in [4.69, 9.17) is 21.7 Å². The summed E-state index contributed by atoms with van der Waals surface area (Å²) in [5.41, 5.74) is 5.76. The molecule has 2 heterocycles. The molecule has 0 fully saturated rings. The van der Waals surface area contributed by atoms with Crippen LogP contribution >= 0.6 is 12.2 Å². The summed E-state index contributed by atoms with van der Waals surface area (Å²) < 4.78 is 11.0. The van der Waals surface area contributed by atoms with E-state index in [1.54, 1.807) is 0 Å². The number of aromatic nitrogens is 1. The summed E-state index contributed by atoms with van der Waals surface area (Å²) >= 11 is 5.80. The zero-order chi connectivity index (χ0) is 24.4. The van der Waals surface area contributed by atoms with Gasteiger partial charge < -0.3 is 24.7 Å². The van der Waals surface area contributed by atoms with E-state index in [0.29, 0.717) is 30.3 Å². The number of thiocarbonyl (C=S) groups is 1. The quantitative estimate of drug-likeness (QED) is 0.377. The van der Waals surface area contributed by atoms with Crippen molar-refractivity contribution in [1.29, 1.82) is 0 Å². The van der Waals surface area contributed by atoms with Gasteiger partial charge in [0.15, 0.2) is 16.6 Å². The number of fused-ring (bicyclic) bond motifs is 2. The Morgan fingerprint density at radius 3 is 2.54 bits per heavy atom. The Morgan fingerprint density at radius 2 is 1.71 bits per heavy atom. The van der Waals surface area contributed by atoms with Gasteiger partial charge in [0.25, 0.3) is 5.56 Å². The maximum absolute atomic E-state index is 13.1. The van der Waals surface area contributed by atoms with Gasteiger partial charge in [-0.3, -0.25) is 4.79 Å². The van der Waals surface area contributed by atoms with Crippen LogP contribution in [0.5, 0.6) is 11.5 Å². The van der Waals surface area contributed by atoms with Gasteiger partial charge in [0, 0.05) is 24.0 Å². The predicted octanol–water partition coefficient (Wildman–Crippen LogP) is 4.95. The SMILES string of the molecule is Cc1ccc(C)c2[nH]c(=O)c(CN(Cc3ccc4c(c3)OCO4)C(=S)NCc3ccccc3)cc12. The second-order valence-electron chi connectivity index (χ2n) is 8.80. The summed E-state index contributed by atoms with van der Waals surface area (Å²) in [6.45, 7) is 5.77. The second-order valence-corrected chi connectivity index (χ2v) is 9.19. The van der Waals surface area contributed by atoms with Crippen LogP contribution in [-0.4, -0.2) is 21.8 Å². The standard InChI is InChI=1S/C28H27N3O3S/c1-18-8-9-19(2)26-23(18)13-22(27(32)30-26)16-31(28(35)29-14-20-6-4-3-5-7-20)15-21-10-11-24-25(12-21)34-17-33-24/h3-13H,14-17H2,1-2H3,(H,29,35)(H,30,32). The Hall–Kier alpha value is -3.84. The van der Waals surface area contributed by atoms with Crippen molar-refractivity contribution < 1.29 is 9.47 Å². The summed E-state index contributed by atoms with van der Waals surface area (Å²) in [5, 5.41) is 4.98. The summed E-state index contributed by atoms with van der Waals surface area (Å²) in [6, 6.07) is 22.1. The fourth-order valence-electron chi connectivity index (χ4n) is 4.29. The number of rotatable bonds is 6. The van der Waals surface area contributed by atoms with E-state index in [0.717, 1.165) is 44.7 Å². The van der Waals surface area contributed by atoms with Crippen LogP contribution in [-0.2, 0) is 19.6 Å². The maximum Gasteiger partial charge on any atom is 0.253 e. The first-order chi connectivity index (χ1) is 17.0. The fraction of sp³-hybridized carbons (Fsp3) is 0.214. The van der Waals surface area contributed by atoms with Crippen molar-refractivity contribution in [1.82, 2.24) is 15.2 Å². The molecule has 0 bridgehead atoms. The lowest BCUT2D eigenvalue weighted by Crippen LogP contribution is -2.39. The van der Waals surface area contributed by atoms with E-state index in [2.05, 4.69) is 35.4 Å². The molecule has 0 saturated heterocycles. The molecule has 0 unspecified atom stereocenters. The Bertz CT molecular complexity index is 1450. The minimum Gasteiger partial charge on any atom is -0.454 e. The molecule has 0 saturated carbocycles. The highest BCUT2D eigenvalue weighted by Crippen LogP contribution is 2.33. The normalized spacial score (nSPS) is 12.1. The van der Waals surface area contributed by atoms with Crippen molar-refractivity contribution in [3.63, 3.8) is 0 Å². The Morgan fingerprint density at radius 1 is 0.943 bits per heavy atom. The van der Waals surface area contributed by atoms with E-state index in [9.17, 15) is 4.79 Å². The van der Waals surface area contributed by atoms with Crippen LogP contribution in [0.25, 0.3) is 10.9 Å². The van der Waals surface area contributed by atoms with Gasteiger partial charge in [-0.1, -0.05) is 48.5 Å². The van der Waals surface area contributed by atoms with E-state index in [1.165, 1.54) is 0 Å². The molecule has 4 aromatic rings. The molecule has 3 aromatic carbocycles. The highest BCUT2D eigenvalue weighted by atomic mass is 32.1. The molecule has 1 aliphatic rings. The summed E-state index contributed by atoms with van der Waals surface area (Å²) in [7, 11) is 0. The lowest BCUT2D eigenvalue weighted by Gasteiger charge is -2.26. The topological polar surface area (TPSA) is 66.6 Å². The molecular formula is C28H27N3O3S. The number of benzene rings is 3. The summed E-state index contributed by atoms with van der Waals surface area (Å²) in [5.74, 6) is 1.46. The minimum absolute atomic E-state index is 0.104. The molecule has 1 aromatic heterocycles. The molecule has 35 heavy (non-hydrogen) atoms. The lowest BCUT2D eigenvalue weighted by atomic mass is 10.0. The minimum atomic E-state index is -0.104. The lowest BCUT2D eigenvalue weighted by molar-refractivity contribution is 0.174. The molecule has 0 atom stereocenters. The summed E-state index contributed by atoms with van der Waals surface area (Å²) in [4.78, 5) is 18.2. The van der Waals surface area contributed by atoms with Crippen LogP contribution in [0.4, 0.5) is 0 Å². The zero-order valence-corrected chi connectivity index (χ0v) is 20.6. The Labute approximate surface area is 209 Å². The van der Waals surface area contributed by atoms with Crippen molar-refractivity contribution in [2.45, 2.75) is 33.5 Å². The first kappa shape index (κ1) is 22.9. The van der Waals surface area contributed by atoms with Gasteiger partial charge in [-0.15, -0.1) is 0 Å². The van der Waals surface area contributed by atoms with Gasteiger partial charge >= 0.3 is 0 Å².